The van der Waals surface area contributed by atoms with Gasteiger partial charge in [0.1, 0.15) is 16.5 Å². The summed E-state index contributed by atoms with van der Waals surface area (Å²) in [5.74, 6) is 4.42. The van der Waals surface area contributed by atoms with Crippen LogP contribution in [0.5, 0.6) is 0 Å². The molecule has 16 aliphatic carbocycles. The van der Waals surface area contributed by atoms with E-state index in [9.17, 15) is 0 Å². The molecule has 8 aromatic rings. The van der Waals surface area contributed by atoms with E-state index in [0.29, 0.717) is 40.9 Å². The molecule has 0 saturated heterocycles. The van der Waals surface area contributed by atoms with Gasteiger partial charge in [0.15, 0.2) is 5.56 Å². The molecular weight excluding hydrogens is 1860 g/mol. The zero-order valence-electron chi connectivity index (χ0n) is 94.2. The van der Waals surface area contributed by atoms with Crippen molar-refractivity contribution in [1.82, 2.24) is 9.96 Å². The average molecular weight is 2040 g/mol. The summed E-state index contributed by atoms with van der Waals surface area (Å²) < 4.78 is 0. The van der Waals surface area contributed by atoms with Gasteiger partial charge in [0.25, 0.3) is 0 Å². The second-order valence-electron chi connectivity index (χ2n) is 50.5. The SMILES string of the molecule is CC1=Cc2cc3c(cc2C1)-c1ccccc1C3(C)C.CC1=Cc2cc3c(cc2C1[Si](C)(C)NC1CCCCC1)C(C)(C)c1ccccc1-3.CC1=[C+]c2cc3c(cc2C1[Si](C)(C)NC1CCCCC1)-c1ccccc1C3(C)C.CC1CC2C=C3C(=CC2C1[Si](C)(C)[N-]C1CCCCC1)C(C)(C)c1ccccc13.CC1CC2C=C3C(=CC2C1[Si](C)(C)[N-]C1CCCCC1)c1ccccc1C3(C)C.[CH3-].[CH3-].[CH3-].[CH3-].[CH3-].[CH3-].[Ti+4].[Ti+4]. The van der Waals surface area contributed by atoms with Crippen LogP contribution in [0.15, 0.2) is 210 Å². The van der Waals surface area contributed by atoms with Crippen LogP contribution in [-0.4, -0.2) is 57.1 Å². The first kappa shape index (κ1) is 116. The number of rotatable bonds is 12. The summed E-state index contributed by atoms with van der Waals surface area (Å²) >= 11 is 0. The summed E-state index contributed by atoms with van der Waals surface area (Å²) in [6.07, 6.45) is 50.9. The molecule has 10 heteroatoms. The number of nitrogens with zero attached hydrogens (tertiary/aromatic N) is 2. The van der Waals surface area contributed by atoms with E-state index in [2.05, 4.69) is 366 Å². The molecule has 143 heavy (non-hydrogen) atoms. The summed E-state index contributed by atoms with van der Waals surface area (Å²) in [7, 11) is -6.63. The van der Waals surface area contributed by atoms with Crippen LogP contribution in [0, 0.1) is 86.1 Å². The van der Waals surface area contributed by atoms with Gasteiger partial charge in [-0.1, -0.05) is 441 Å². The van der Waals surface area contributed by atoms with Crippen LogP contribution >= 0.6 is 0 Å². The number of allylic oxidation sites excluding steroid dienone is 11. The topological polar surface area (TPSA) is 52.3 Å². The molecule has 2 N–H and O–H groups in total. The molecule has 24 rings (SSSR count). The molecule has 4 nitrogen and oxygen atoms in total. The van der Waals surface area contributed by atoms with E-state index < -0.39 is 32.9 Å². The number of hydrogen-bond donors (Lipinski definition) is 2. The van der Waals surface area contributed by atoms with Crippen molar-refractivity contribution >= 4 is 56.2 Å². The van der Waals surface area contributed by atoms with Crippen LogP contribution < -0.4 is 9.96 Å². The summed E-state index contributed by atoms with van der Waals surface area (Å²) in [5.41, 5.74) is 46.4. The van der Waals surface area contributed by atoms with Gasteiger partial charge in [-0.3, -0.25) is 0 Å². The van der Waals surface area contributed by atoms with Gasteiger partial charge in [0, 0.05) is 68.0 Å². The van der Waals surface area contributed by atoms with E-state index in [1.807, 2.05) is 0 Å². The van der Waals surface area contributed by atoms with Gasteiger partial charge in [0.2, 0.25) is 0 Å². The fraction of sp³-hybridized carbons (Fsp3) is 0.489. The van der Waals surface area contributed by atoms with Gasteiger partial charge < -0.3 is 64.5 Å². The van der Waals surface area contributed by atoms with Crippen molar-refractivity contribution in [2.75, 3.05) is 0 Å². The molecule has 0 heterocycles. The Labute approximate surface area is 907 Å². The number of hydrogen-bond acceptors (Lipinski definition) is 2. The molecule has 8 aromatic carbocycles. The maximum absolute atomic E-state index is 5.64. The number of benzene rings is 8. The third-order valence-electron chi connectivity index (χ3n) is 37.6. The van der Waals surface area contributed by atoms with E-state index in [-0.39, 0.29) is 115 Å². The molecule has 10 atom stereocenters. The zero-order chi connectivity index (χ0) is 94.8. The predicted molar refractivity (Wildman–Crippen MR) is 629 cm³/mol. The minimum absolute atomic E-state index is 0. The first-order valence-corrected chi connectivity index (χ1v) is 66.3. The second-order valence-corrected chi connectivity index (χ2v) is 67.6. The molecule has 0 amide bonds. The van der Waals surface area contributed by atoms with Gasteiger partial charge in [-0.15, -0.1) is 12.1 Å². The van der Waals surface area contributed by atoms with Gasteiger partial charge in [0.05, 0.1) is 22.7 Å². The Morgan fingerprint density at radius 1 is 0.343 bits per heavy atom. The van der Waals surface area contributed by atoms with Gasteiger partial charge in [-0.2, -0.15) is 0 Å². The minimum atomic E-state index is -1.68. The summed E-state index contributed by atoms with van der Waals surface area (Å²) in [6, 6.07) is 62.8. The van der Waals surface area contributed by atoms with Crippen molar-refractivity contribution in [3.05, 3.63) is 360 Å². The van der Waals surface area contributed by atoms with E-state index in [1.165, 1.54) is 269 Å². The molecule has 6 saturated carbocycles. The normalized spacial score (nSPS) is 25.2. The van der Waals surface area contributed by atoms with Crippen molar-refractivity contribution in [3.8, 4) is 33.4 Å². The summed E-state index contributed by atoms with van der Waals surface area (Å²) in [5, 5.41) is 0. The Kier molecular flexibility index (Phi) is 35.7. The van der Waals surface area contributed by atoms with Gasteiger partial charge in [-0.25, -0.2) is 0 Å². The maximum Gasteiger partial charge on any atom is 4.00 e. The van der Waals surface area contributed by atoms with Gasteiger partial charge in [-0.05, 0) is 242 Å². The molecule has 0 spiro atoms. The van der Waals surface area contributed by atoms with E-state index in [0.717, 1.165) is 47.3 Å². The van der Waals surface area contributed by atoms with Crippen molar-refractivity contribution in [1.29, 1.82) is 0 Å². The van der Waals surface area contributed by atoms with Crippen LogP contribution in [0.4, 0.5) is 0 Å². The quantitative estimate of drug-likeness (QED) is 0.0946. The predicted octanol–water partition coefficient (Wildman–Crippen LogP) is 37.4. The molecule has 0 aliphatic heterocycles. The Balaban J connectivity index is 0.000000158. The largest absolute Gasteiger partial charge is 4.00 e. The molecule has 0 bridgehead atoms. The summed E-state index contributed by atoms with van der Waals surface area (Å²) in [6.45, 7) is 56.4. The Morgan fingerprint density at radius 3 is 1.16 bits per heavy atom. The molecule has 16 aliphatic rings. The molecular formula is C133H181N4Si4Ti2+. The van der Waals surface area contributed by atoms with E-state index >= 15 is 0 Å². The van der Waals surface area contributed by atoms with Crippen LogP contribution in [0.3, 0.4) is 0 Å². The molecule has 6 fully saturated rings. The van der Waals surface area contributed by atoms with Crippen LogP contribution in [0.1, 0.15) is 345 Å². The smallest absolute Gasteiger partial charge is 0.662 e. The molecule has 0 radical (unpaired) electrons. The zero-order valence-corrected chi connectivity index (χ0v) is 101. The first-order chi connectivity index (χ1) is 64.2. The number of nitrogens with one attached hydrogen (secondary N) is 2. The van der Waals surface area contributed by atoms with Crippen molar-refractivity contribution in [2.24, 2.45) is 35.5 Å². The van der Waals surface area contributed by atoms with Crippen LogP contribution in [0.25, 0.3) is 66.6 Å². The van der Waals surface area contributed by atoms with E-state index in [4.69, 9.17) is 9.96 Å². The Bertz CT molecular complexity index is 6160. The fourth-order valence-corrected chi connectivity index (χ4v) is 47.5. The van der Waals surface area contributed by atoms with Crippen LogP contribution in [0.2, 0.25) is 63.5 Å². The standard InChI is InChI=1S/C27H38NSi.C27H34NSi.C27H38NSi.C27H35NSi.C19H18.6CH3.2Ti/c2*1-18-15-19-16-25-23(21-13-9-10-14-24(21)27(25,2)3)17-22(19)26(18)29(4,5)28-20-11-7-6-8-12-20;2*1-18-15-19-16-23-21-13-9-10-14-24(21)27(2,3)25(23)17-22(19)26(18)29(4,5)28-20-11-7-6-8-12-20;1-12-8-13-10-16-15-6-4-5-7-17(15)19(2,3)18(16)11-14(13)9-12;;;;;;;;/h9-10,13-14,16-20,22,26H,6-8,11-12,15H2,1-5H3;9-10,13-14,16-17,20,26,28H,6-8,11-12H2,1-5H3;9-10,13-14,16-20,22,26H,6-8,11-12,15H2,1-5H3;9-10,13-17,20,26,28H,6-8,11-12H2,1-5H3;4-7,9-11H,8H2,1-3H3;6*1H3;;/q-1;+1;-1;;;6*-1;2*+4. The van der Waals surface area contributed by atoms with Crippen molar-refractivity contribution in [3.63, 3.8) is 0 Å². The molecule has 10 unspecified atom stereocenters. The van der Waals surface area contributed by atoms with Gasteiger partial charge >= 0.3 is 43.4 Å². The minimum Gasteiger partial charge on any atom is -0.662 e. The number of fused-ring (bicyclic) bond motifs is 20. The Morgan fingerprint density at radius 2 is 0.706 bits per heavy atom. The first-order valence-electron chi connectivity index (χ1n) is 54.1. The Hall–Kier alpha value is -6.01. The molecule has 0 aromatic heterocycles. The van der Waals surface area contributed by atoms with Crippen LogP contribution in [-0.2, 0) is 76.9 Å². The monoisotopic (exact) mass is 2040 g/mol. The van der Waals surface area contributed by atoms with E-state index in [1.54, 1.807) is 33.4 Å². The van der Waals surface area contributed by atoms with Crippen molar-refractivity contribution < 1.29 is 43.4 Å². The maximum atomic E-state index is 5.64. The van der Waals surface area contributed by atoms with Crippen molar-refractivity contribution in [2.45, 2.75) is 377 Å². The summed E-state index contributed by atoms with van der Waals surface area (Å²) in [4.78, 5) is 19.7. The third-order valence-corrected chi connectivity index (χ3v) is 51.6. The second kappa shape index (κ2) is 44.1. The third kappa shape index (κ3) is 21.0. The average Bonchev–Trinajstić information content (AvgIpc) is 1.34. The fourth-order valence-electron chi connectivity index (χ4n) is 31.7. The molecule has 756 valence electrons.